The molecular weight excluding hydrogens is 290 g/mol. The molecule has 7 heteroatoms. The van der Waals surface area contributed by atoms with Crippen LogP contribution in [-0.4, -0.2) is 51.3 Å². The molecule has 0 spiro atoms. The number of amides is 1. The van der Waals surface area contributed by atoms with Gasteiger partial charge in [0.1, 0.15) is 11.2 Å². The van der Waals surface area contributed by atoms with E-state index in [4.69, 9.17) is 9.47 Å². The molecule has 0 aromatic carbocycles. The summed E-state index contributed by atoms with van der Waals surface area (Å²) in [7, 11) is 0. The zero-order valence-corrected chi connectivity index (χ0v) is 14.1. The van der Waals surface area contributed by atoms with Crippen molar-refractivity contribution in [1.29, 1.82) is 0 Å². The molecule has 1 atom stereocenters. The Morgan fingerprint density at radius 3 is 1.91 bits per heavy atom. The second kappa shape index (κ2) is 5.78. The van der Waals surface area contributed by atoms with Gasteiger partial charge in [-0.3, -0.25) is 4.90 Å². The van der Waals surface area contributed by atoms with E-state index in [-0.39, 0.29) is 13.0 Å². The highest BCUT2D eigenvalue weighted by atomic mass is 16.6. The van der Waals surface area contributed by atoms with Crippen LogP contribution in [0.5, 0.6) is 0 Å². The number of carbonyl (C=O) groups excluding carboxylic acids is 2. The van der Waals surface area contributed by atoms with Gasteiger partial charge in [0.15, 0.2) is 0 Å². The first-order valence-electron chi connectivity index (χ1n) is 7.27. The van der Waals surface area contributed by atoms with Crippen molar-refractivity contribution in [2.24, 2.45) is 0 Å². The van der Waals surface area contributed by atoms with Crippen LogP contribution in [-0.2, 0) is 19.1 Å². The summed E-state index contributed by atoms with van der Waals surface area (Å²) in [6.45, 7) is 10.1. The zero-order chi connectivity index (χ0) is 17.3. The van der Waals surface area contributed by atoms with Gasteiger partial charge in [-0.25, -0.2) is 14.4 Å². The third kappa shape index (κ3) is 3.90. The van der Waals surface area contributed by atoms with Gasteiger partial charge >= 0.3 is 18.0 Å². The van der Waals surface area contributed by atoms with E-state index in [1.54, 1.807) is 41.5 Å². The second-order valence-electron chi connectivity index (χ2n) is 7.40. The summed E-state index contributed by atoms with van der Waals surface area (Å²) in [5.74, 6) is -2.33. The summed E-state index contributed by atoms with van der Waals surface area (Å²) in [4.78, 5) is 37.5. The van der Waals surface area contributed by atoms with Gasteiger partial charge < -0.3 is 14.6 Å². The van der Waals surface area contributed by atoms with Gasteiger partial charge in [0.2, 0.25) is 5.54 Å². The van der Waals surface area contributed by atoms with Crippen LogP contribution in [0, 0.1) is 0 Å². The predicted octanol–water partition coefficient (Wildman–Crippen LogP) is 2.18. The molecule has 1 aliphatic heterocycles. The molecule has 7 nitrogen and oxygen atoms in total. The smallest absolute Gasteiger partial charge is 0.411 e. The minimum Gasteiger partial charge on any atom is -0.479 e. The van der Waals surface area contributed by atoms with Crippen molar-refractivity contribution in [3.05, 3.63) is 0 Å². The van der Waals surface area contributed by atoms with Crippen molar-refractivity contribution in [2.45, 2.75) is 71.1 Å². The third-order valence-electron chi connectivity index (χ3n) is 3.09. The van der Waals surface area contributed by atoms with Crippen LogP contribution < -0.4 is 0 Å². The van der Waals surface area contributed by atoms with Gasteiger partial charge in [-0.05, 0) is 54.4 Å². The average Bonchev–Trinajstić information content (AvgIpc) is 2.69. The van der Waals surface area contributed by atoms with E-state index in [1.165, 1.54) is 0 Å². The summed E-state index contributed by atoms with van der Waals surface area (Å²) in [5, 5.41) is 9.60. The standard InChI is InChI=1S/C15H25NO6/c1-13(2,3)21-11(19)15(10(17)18)8-7-9-16(15)12(20)22-14(4,5)6/h7-9H2,1-6H3,(H,17,18)/t15-/m0/s1. The number of carboxylic acid groups (broad SMARTS) is 1. The van der Waals surface area contributed by atoms with Crippen LogP contribution in [0.4, 0.5) is 4.79 Å². The fourth-order valence-electron chi connectivity index (χ4n) is 2.27. The fraction of sp³-hybridized carbons (Fsp3) is 0.800. The van der Waals surface area contributed by atoms with Gasteiger partial charge in [-0.2, -0.15) is 0 Å². The summed E-state index contributed by atoms with van der Waals surface area (Å²) >= 11 is 0. The monoisotopic (exact) mass is 315 g/mol. The van der Waals surface area contributed by atoms with Crippen molar-refractivity contribution in [3.8, 4) is 0 Å². The molecule has 1 heterocycles. The fourth-order valence-corrected chi connectivity index (χ4v) is 2.27. The maximum Gasteiger partial charge on any atom is 0.411 e. The van der Waals surface area contributed by atoms with E-state index in [1.807, 2.05) is 0 Å². The van der Waals surface area contributed by atoms with Crippen LogP contribution in [0.1, 0.15) is 54.4 Å². The molecule has 1 N–H and O–H groups in total. The van der Waals surface area contributed by atoms with Gasteiger partial charge in [0, 0.05) is 6.54 Å². The minimum atomic E-state index is -2.02. The molecular formula is C15H25NO6. The summed E-state index contributed by atoms with van der Waals surface area (Å²) in [6.07, 6.45) is -0.417. The number of likely N-dealkylation sites (tertiary alicyclic amines) is 1. The quantitative estimate of drug-likeness (QED) is 0.620. The lowest BCUT2D eigenvalue weighted by Gasteiger charge is -2.35. The third-order valence-corrected chi connectivity index (χ3v) is 3.09. The molecule has 126 valence electrons. The van der Waals surface area contributed by atoms with Crippen molar-refractivity contribution < 1.29 is 29.0 Å². The second-order valence-corrected chi connectivity index (χ2v) is 7.40. The Kier molecular flexibility index (Phi) is 4.79. The van der Waals surface area contributed by atoms with E-state index in [0.717, 1.165) is 4.90 Å². The van der Waals surface area contributed by atoms with Crippen molar-refractivity contribution >= 4 is 18.0 Å². The molecule has 1 aliphatic rings. The van der Waals surface area contributed by atoms with E-state index >= 15 is 0 Å². The summed E-state index contributed by atoms with van der Waals surface area (Å²) < 4.78 is 10.5. The molecule has 1 amide bonds. The van der Waals surface area contributed by atoms with Crippen LogP contribution >= 0.6 is 0 Å². The van der Waals surface area contributed by atoms with E-state index in [9.17, 15) is 19.5 Å². The van der Waals surface area contributed by atoms with Crippen molar-refractivity contribution in [1.82, 2.24) is 4.90 Å². The first-order valence-corrected chi connectivity index (χ1v) is 7.27. The topological polar surface area (TPSA) is 93.1 Å². The highest BCUT2D eigenvalue weighted by molar-refractivity contribution is 6.07. The Labute approximate surface area is 130 Å². The zero-order valence-electron chi connectivity index (χ0n) is 14.1. The van der Waals surface area contributed by atoms with Gasteiger partial charge in [-0.15, -0.1) is 0 Å². The van der Waals surface area contributed by atoms with Crippen LogP contribution in [0.25, 0.3) is 0 Å². The Morgan fingerprint density at radius 1 is 1.00 bits per heavy atom. The Morgan fingerprint density at radius 2 is 1.50 bits per heavy atom. The molecule has 0 unspecified atom stereocenters. The van der Waals surface area contributed by atoms with Crippen LogP contribution in [0.15, 0.2) is 0 Å². The van der Waals surface area contributed by atoms with Crippen LogP contribution in [0.2, 0.25) is 0 Å². The molecule has 1 fully saturated rings. The molecule has 0 aromatic heterocycles. The first kappa shape index (κ1) is 18.3. The maximum absolute atomic E-state index is 12.5. The van der Waals surface area contributed by atoms with Gasteiger partial charge in [0.25, 0.3) is 0 Å². The molecule has 1 saturated heterocycles. The number of hydrogen-bond acceptors (Lipinski definition) is 5. The van der Waals surface area contributed by atoms with Gasteiger partial charge in [-0.1, -0.05) is 0 Å². The highest BCUT2D eigenvalue weighted by Crippen LogP contribution is 2.34. The highest BCUT2D eigenvalue weighted by Gasteiger charge is 2.59. The van der Waals surface area contributed by atoms with E-state index < -0.39 is 34.8 Å². The van der Waals surface area contributed by atoms with Gasteiger partial charge in [0.05, 0.1) is 0 Å². The number of aliphatic carboxylic acids is 1. The lowest BCUT2D eigenvalue weighted by molar-refractivity contribution is -0.176. The lowest BCUT2D eigenvalue weighted by atomic mass is 9.96. The van der Waals surface area contributed by atoms with E-state index in [2.05, 4.69) is 0 Å². The SMILES string of the molecule is CC(C)(C)OC(=O)N1CCC[C@]1(C(=O)O)C(=O)OC(C)(C)C. The van der Waals surface area contributed by atoms with Crippen molar-refractivity contribution in [3.63, 3.8) is 0 Å². The molecule has 22 heavy (non-hydrogen) atoms. The van der Waals surface area contributed by atoms with Crippen LogP contribution in [0.3, 0.4) is 0 Å². The molecule has 0 saturated carbocycles. The summed E-state index contributed by atoms with van der Waals surface area (Å²) in [6, 6.07) is 0. The number of carboxylic acids is 1. The molecule has 0 aliphatic carbocycles. The molecule has 0 radical (unpaired) electrons. The predicted molar refractivity (Wildman–Crippen MR) is 78.4 cm³/mol. The minimum absolute atomic E-state index is 0.0104. The largest absolute Gasteiger partial charge is 0.479 e. The first-order chi connectivity index (χ1) is 9.79. The Hall–Kier alpha value is -1.79. The molecule has 0 aromatic rings. The Balaban J connectivity index is 3.13. The number of nitrogens with zero attached hydrogens (tertiary/aromatic N) is 1. The molecule has 1 rings (SSSR count). The average molecular weight is 315 g/mol. The Bertz CT molecular complexity index is 473. The maximum atomic E-state index is 12.5. The van der Waals surface area contributed by atoms with E-state index in [0.29, 0.717) is 6.42 Å². The number of hydrogen-bond donors (Lipinski definition) is 1. The number of ether oxygens (including phenoxy) is 2. The normalized spacial score (nSPS) is 22.4. The number of carbonyl (C=O) groups is 3. The number of esters is 1. The summed E-state index contributed by atoms with van der Waals surface area (Å²) in [5.41, 5.74) is -3.64. The number of rotatable bonds is 2. The molecule has 0 bridgehead atoms. The lowest BCUT2D eigenvalue weighted by Crippen LogP contribution is -2.60. The van der Waals surface area contributed by atoms with Crippen molar-refractivity contribution in [2.75, 3.05) is 6.54 Å².